The lowest BCUT2D eigenvalue weighted by molar-refractivity contribution is -0.387. The number of carbonyl (C=O) groups is 1. The van der Waals surface area contributed by atoms with Crippen LogP contribution in [0.1, 0.15) is 10.4 Å². The van der Waals surface area contributed by atoms with Crippen LogP contribution < -0.4 is 5.73 Å². The van der Waals surface area contributed by atoms with Crippen LogP contribution in [0.3, 0.4) is 0 Å². The van der Waals surface area contributed by atoms with Crippen molar-refractivity contribution in [3.05, 3.63) is 76.5 Å². The number of nitrogens with two attached hydrogens (primary N) is 1. The van der Waals surface area contributed by atoms with Crippen molar-refractivity contribution in [2.75, 3.05) is 0 Å². The van der Waals surface area contributed by atoms with E-state index in [0.29, 0.717) is 11.0 Å². The Kier molecular flexibility index (Phi) is 4.16. The fourth-order valence-electron chi connectivity index (χ4n) is 3.04. The summed E-state index contributed by atoms with van der Waals surface area (Å²) >= 11 is 0. The minimum Gasteiger partial charge on any atom is -0.366 e. The molecule has 0 unspecified atom stereocenters. The SMILES string of the molecule is NC(=O)c1cccc2[nH]c(-c3cccn3S(=O)(=O)c3ccccc3[N+](=O)[O-])nc12. The van der Waals surface area contributed by atoms with Crippen LogP contribution in [0.4, 0.5) is 5.69 Å². The van der Waals surface area contributed by atoms with Gasteiger partial charge in [-0.1, -0.05) is 18.2 Å². The molecule has 0 radical (unpaired) electrons. The molecule has 0 saturated carbocycles. The summed E-state index contributed by atoms with van der Waals surface area (Å²) in [4.78, 5) is 29.0. The van der Waals surface area contributed by atoms with Crippen molar-refractivity contribution in [2.24, 2.45) is 5.73 Å². The van der Waals surface area contributed by atoms with Crippen LogP contribution in [0.2, 0.25) is 0 Å². The summed E-state index contributed by atoms with van der Waals surface area (Å²) in [5, 5.41) is 11.3. The number of hydrogen-bond donors (Lipinski definition) is 2. The molecule has 29 heavy (non-hydrogen) atoms. The number of nitro groups is 1. The number of amides is 1. The number of nitro benzene ring substituents is 1. The Morgan fingerprint density at radius 3 is 2.59 bits per heavy atom. The molecule has 0 aliphatic rings. The third-order valence-corrected chi connectivity index (χ3v) is 6.07. The monoisotopic (exact) mass is 411 g/mol. The van der Waals surface area contributed by atoms with E-state index in [-0.39, 0.29) is 17.1 Å². The van der Waals surface area contributed by atoms with E-state index in [1.807, 2.05) is 0 Å². The number of carbonyl (C=O) groups excluding carboxylic acids is 1. The van der Waals surface area contributed by atoms with Crippen molar-refractivity contribution in [3.8, 4) is 11.5 Å². The first kappa shape index (κ1) is 18.4. The fourth-order valence-corrected chi connectivity index (χ4v) is 4.55. The molecule has 2 heterocycles. The molecule has 11 heteroatoms. The number of aromatic nitrogens is 3. The molecule has 0 saturated heterocycles. The minimum absolute atomic E-state index is 0.148. The molecule has 0 aliphatic heterocycles. The average Bonchev–Trinajstić information content (AvgIpc) is 3.34. The zero-order chi connectivity index (χ0) is 20.8. The third-order valence-electron chi connectivity index (χ3n) is 4.33. The number of imidazole rings is 1. The Morgan fingerprint density at radius 1 is 1.10 bits per heavy atom. The molecule has 3 N–H and O–H groups in total. The average molecular weight is 411 g/mol. The number of primary amides is 1. The minimum atomic E-state index is -4.29. The second-order valence-electron chi connectivity index (χ2n) is 6.07. The largest absolute Gasteiger partial charge is 0.366 e. The number of nitrogens with zero attached hydrogens (tertiary/aromatic N) is 3. The van der Waals surface area contributed by atoms with E-state index < -0.39 is 31.4 Å². The molecule has 0 spiro atoms. The predicted molar refractivity (Wildman–Crippen MR) is 104 cm³/mol. The van der Waals surface area contributed by atoms with E-state index in [0.717, 1.165) is 10.0 Å². The van der Waals surface area contributed by atoms with Gasteiger partial charge in [0.05, 0.1) is 21.7 Å². The zero-order valence-electron chi connectivity index (χ0n) is 14.6. The van der Waals surface area contributed by atoms with Gasteiger partial charge < -0.3 is 10.7 Å². The topological polar surface area (TPSA) is 154 Å². The fraction of sp³-hybridized carbons (Fsp3) is 0. The standard InChI is InChI=1S/C18H13N5O5S/c19-17(24)11-5-3-6-12-16(11)21-18(20-12)14-8-4-10-22(14)29(27,28)15-9-2-1-7-13(15)23(25)26/h1-10H,(H2,19,24)(H,20,21). The summed E-state index contributed by atoms with van der Waals surface area (Å²) in [6.45, 7) is 0. The molecule has 2 aromatic carbocycles. The second-order valence-corrected chi connectivity index (χ2v) is 7.85. The van der Waals surface area contributed by atoms with Crippen molar-refractivity contribution in [3.63, 3.8) is 0 Å². The van der Waals surface area contributed by atoms with E-state index >= 15 is 0 Å². The summed E-state index contributed by atoms with van der Waals surface area (Å²) in [7, 11) is -4.29. The molecular formula is C18H13N5O5S. The Morgan fingerprint density at radius 2 is 1.86 bits per heavy atom. The Hall–Kier alpha value is -3.99. The highest BCUT2D eigenvalue weighted by molar-refractivity contribution is 7.90. The summed E-state index contributed by atoms with van der Waals surface area (Å²) in [5.41, 5.74) is 5.96. The van der Waals surface area contributed by atoms with Crippen molar-refractivity contribution < 1.29 is 18.1 Å². The number of para-hydroxylation sites is 2. The third kappa shape index (κ3) is 2.93. The number of H-pyrrole nitrogens is 1. The van der Waals surface area contributed by atoms with Gasteiger partial charge in [-0.3, -0.25) is 14.9 Å². The van der Waals surface area contributed by atoms with Crippen molar-refractivity contribution in [2.45, 2.75) is 4.90 Å². The highest BCUT2D eigenvalue weighted by atomic mass is 32.2. The first-order valence-corrected chi connectivity index (χ1v) is 9.70. The van der Waals surface area contributed by atoms with Crippen LogP contribution in [-0.4, -0.2) is 33.2 Å². The molecule has 0 atom stereocenters. The van der Waals surface area contributed by atoms with Crippen LogP contribution in [0.15, 0.2) is 65.7 Å². The molecule has 0 aliphatic carbocycles. The number of nitrogens with one attached hydrogen (secondary N) is 1. The van der Waals surface area contributed by atoms with E-state index in [9.17, 15) is 23.3 Å². The van der Waals surface area contributed by atoms with Crippen LogP contribution in [0.5, 0.6) is 0 Å². The lowest BCUT2D eigenvalue weighted by Gasteiger charge is -2.09. The van der Waals surface area contributed by atoms with Gasteiger partial charge in [-0.15, -0.1) is 0 Å². The number of hydrogen-bond acceptors (Lipinski definition) is 6. The van der Waals surface area contributed by atoms with Gasteiger partial charge in [0, 0.05) is 12.3 Å². The normalized spacial score (nSPS) is 11.6. The van der Waals surface area contributed by atoms with Gasteiger partial charge in [-0.05, 0) is 30.3 Å². The lowest BCUT2D eigenvalue weighted by Crippen LogP contribution is -2.15. The maximum Gasteiger partial charge on any atom is 0.289 e. The second kappa shape index (κ2) is 6.56. The van der Waals surface area contributed by atoms with Crippen molar-refractivity contribution in [1.82, 2.24) is 13.9 Å². The Labute approximate surface area is 163 Å². The molecule has 0 fully saturated rings. The Balaban J connectivity index is 1.91. The van der Waals surface area contributed by atoms with Gasteiger partial charge in [0.25, 0.3) is 21.6 Å². The smallest absolute Gasteiger partial charge is 0.289 e. The van der Waals surface area contributed by atoms with Crippen molar-refractivity contribution >= 4 is 32.7 Å². The van der Waals surface area contributed by atoms with Gasteiger partial charge in [0.2, 0.25) is 0 Å². The molecule has 4 aromatic rings. The molecular weight excluding hydrogens is 398 g/mol. The molecule has 0 bridgehead atoms. The van der Waals surface area contributed by atoms with Crippen LogP contribution in [0, 0.1) is 10.1 Å². The van der Waals surface area contributed by atoms with Gasteiger partial charge >= 0.3 is 0 Å². The number of benzene rings is 2. The van der Waals surface area contributed by atoms with Crippen LogP contribution in [0.25, 0.3) is 22.6 Å². The Bertz CT molecular complexity index is 1390. The lowest BCUT2D eigenvalue weighted by atomic mass is 10.2. The summed E-state index contributed by atoms with van der Waals surface area (Å²) in [5.74, 6) is -0.502. The highest BCUT2D eigenvalue weighted by Gasteiger charge is 2.29. The summed E-state index contributed by atoms with van der Waals surface area (Å²) in [6, 6.07) is 12.9. The molecule has 4 rings (SSSR count). The summed E-state index contributed by atoms with van der Waals surface area (Å²) < 4.78 is 27.2. The van der Waals surface area contributed by atoms with Crippen molar-refractivity contribution in [1.29, 1.82) is 0 Å². The zero-order valence-corrected chi connectivity index (χ0v) is 15.5. The molecule has 10 nitrogen and oxygen atoms in total. The van der Waals surface area contributed by atoms with Gasteiger partial charge in [0.15, 0.2) is 10.7 Å². The maximum atomic E-state index is 13.1. The van der Waals surface area contributed by atoms with E-state index in [2.05, 4.69) is 9.97 Å². The highest BCUT2D eigenvalue weighted by Crippen LogP contribution is 2.30. The van der Waals surface area contributed by atoms with E-state index in [1.165, 1.54) is 42.6 Å². The number of fused-ring (bicyclic) bond motifs is 1. The van der Waals surface area contributed by atoms with Gasteiger partial charge in [0.1, 0.15) is 5.52 Å². The van der Waals surface area contributed by atoms with E-state index in [1.54, 1.807) is 12.1 Å². The first-order valence-electron chi connectivity index (χ1n) is 8.26. The quantitative estimate of drug-likeness (QED) is 0.379. The first-order chi connectivity index (χ1) is 13.8. The van der Waals surface area contributed by atoms with Gasteiger partial charge in [-0.2, -0.15) is 0 Å². The number of rotatable bonds is 5. The van der Waals surface area contributed by atoms with Crippen LogP contribution in [-0.2, 0) is 10.0 Å². The van der Waals surface area contributed by atoms with Gasteiger partial charge in [-0.25, -0.2) is 17.4 Å². The molecule has 146 valence electrons. The number of aromatic amines is 1. The predicted octanol–water partition coefficient (Wildman–Crippen LogP) is 2.28. The summed E-state index contributed by atoms with van der Waals surface area (Å²) in [6.07, 6.45) is 1.27. The molecule has 1 amide bonds. The molecule has 2 aromatic heterocycles. The van der Waals surface area contributed by atoms with Crippen LogP contribution >= 0.6 is 0 Å². The van der Waals surface area contributed by atoms with E-state index in [4.69, 9.17) is 5.73 Å². The maximum absolute atomic E-state index is 13.1.